The Morgan fingerprint density at radius 1 is 1.08 bits per heavy atom. The zero-order valence-corrected chi connectivity index (χ0v) is 15.0. The summed E-state index contributed by atoms with van der Waals surface area (Å²) in [4.78, 5) is 31.8. The number of benzene rings is 2. The van der Waals surface area contributed by atoms with Gasteiger partial charge in [-0.3, -0.25) is 9.59 Å². The fourth-order valence-electron chi connectivity index (χ4n) is 2.84. The van der Waals surface area contributed by atoms with E-state index in [1.54, 1.807) is 24.3 Å². The average molecular weight is 350 g/mol. The first-order chi connectivity index (χ1) is 12.4. The Bertz CT molecular complexity index is 913. The second-order valence-electron chi connectivity index (χ2n) is 6.60. The highest BCUT2D eigenvalue weighted by Gasteiger charge is 2.22. The van der Waals surface area contributed by atoms with Gasteiger partial charge in [-0.2, -0.15) is 0 Å². The fourth-order valence-corrected chi connectivity index (χ4v) is 2.84. The molecule has 0 saturated heterocycles. The van der Waals surface area contributed by atoms with Gasteiger partial charge in [0, 0.05) is 18.2 Å². The van der Waals surface area contributed by atoms with Gasteiger partial charge in [-0.15, -0.1) is 0 Å². The Morgan fingerprint density at radius 2 is 1.85 bits per heavy atom. The molecule has 26 heavy (non-hydrogen) atoms. The molecule has 6 heteroatoms. The van der Waals surface area contributed by atoms with E-state index in [4.69, 9.17) is 0 Å². The maximum Gasteiger partial charge on any atom is 0.251 e. The van der Waals surface area contributed by atoms with Gasteiger partial charge in [-0.05, 0) is 36.2 Å². The molecule has 6 nitrogen and oxygen atoms in total. The highest BCUT2D eigenvalue weighted by Crippen LogP contribution is 2.23. The number of imidazole rings is 1. The van der Waals surface area contributed by atoms with Gasteiger partial charge in [0.05, 0.1) is 17.1 Å². The van der Waals surface area contributed by atoms with Gasteiger partial charge in [-0.1, -0.05) is 32.0 Å². The molecule has 134 valence electrons. The summed E-state index contributed by atoms with van der Waals surface area (Å²) < 4.78 is 0. The van der Waals surface area contributed by atoms with Crippen molar-refractivity contribution in [3.8, 4) is 0 Å². The first kappa shape index (κ1) is 17.7. The van der Waals surface area contributed by atoms with E-state index in [0.717, 1.165) is 16.9 Å². The lowest BCUT2D eigenvalue weighted by atomic mass is 10.0. The Hall–Kier alpha value is -3.15. The number of aromatic amines is 1. The van der Waals surface area contributed by atoms with Gasteiger partial charge in [-0.25, -0.2) is 4.98 Å². The number of anilines is 1. The third-order valence-corrected chi connectivity index (χ3v) is 4.10. The molecule has 0 bridgehead atoms. The number of hydrogen-bond donors (Lipinski definition) is 3. The third-order valence-electron chi connectivity index (χ3n) is 4.10. The summed E-state index contributed by atoms with van der Waals surface area (Å²) in [6, 6.07) is 14.4. The maximum atomic E-state index is 12.7. The number of amides is 2. The van der Waals surface area contributed by atoms with Crippen molar-refractivity contribution in [1.29, 1.82) is 0 Å². The lowest BCUT2D eigenvalue weighted by Crippen LogP contribution is -2.32. The Labute approximate surface area is 152 Å². The van der Waals surface area contributed by atoms with Crippen LogP contribution in [0.2, 0.25) is 0 Å². The van der Waals surface area contributed by atoms with Crippen LogP contribution >= 0.6 is 0 Å². The first-order valence-corrected chi connectivity index (χ1v) is 8.57. The van der Waals surface area contributed by atoms with Crippen molar-refractivity contribution in [1.82, 2.24) is 15.3 Å². The fraction of sp³-hybridized carbons (Fsp3) is 0.250. The highest BCUT2D eigenvalue weighted by molar-refractivity contribution is 5.97. The van der Waals surface area contributed by atoms with Crippen LogP contribution in [0.3, 0.4) is 0 Å². The van der Waals surface area contributed by atoms with Gasteiger partial charge in [0.1, 0.15) is 5.82 Å². The van der Waals surface area contributed by atoms with Gasteiger partial charge in [0.25, 0.3) is 5.91 Å². The van der Waals surface area contributed by atoms with E-state index < -0.39 is 0 Å². The van der Waals surface area contributed by atoms with Crippen LogP contribution in [0.25, 0.3) is 11.0 Å². The van der Waals surface area contributed by atoms with Crippen LogP contribution in [0.4, 0.5) is 5.69 Å². The van der Waals surface area contributed by atoms with E-state index in [0.29, 0.717) is 11.3 Å². The van der Waals surface area contributed by atoms with Crippen LogP contribution in [0.5, 0.6) is 0 Å². The molecular weight excluding hydrogens is 328 g/mol. The Balaban J connectivity index is 1.84. The minimum absolute atomic E-state index is 0.151. The maximum absolute atomic E-state index is 12.7. The molecule has 2 aromatic carbocycles. The standard InChI is InChI=1S/C20H22N4O2/c1-12(2)18(19-22-16-9-4-5-10-17(16)23-19)24-20(26)14-7-6-8-15(11-14)21-13(3)25/h4-12,18H,1-3H3,(H,21,25)(H,22,23)(H,24,26). The number of H-pyrrole nitrogens is 1. The van der Waals surface area contributed by atoms with Crippen molar-refractivity contribution in [3.05, 3.63) is 59.9 Å². The van der Waals surface area contributed by atoms with Crippen molar-refractivity contribution in [2.45, 2.75) is 26.8 Å². The van der Waals surface area contributed by atoms with E-state index in [2.05, 4.69) is 20.6 Å². The zero-order valence-electron chi connectivity index (χ0n) is 15.0. The van der Waals surface area contributed by atoms with Crippen molar-refractivity contribution in [3.63, 3.8) is 0 Å². The van der Waals surface area contributed by atoms with Crippen molar-refractivity contribution in [2.75, 3.05) is 5.32 Å². The molecule has 0 aliphatic carbocycles. The molecule has 1 aromatic heterocycles. The highest BCUT2D eigenvalue weighted by atomic mass is 16.2. The SMILES string of the molecule is CC(=O)Nc1cccc(C(=O)NC(c2nc3ccccc3[nH]2)C(C)C)c1. The number of aromatic nitrogens is 2. The summed E-state index contributed by atoms with van der Waals surface area (Å²) in [5.41, 5.74) is 2.89. The summed E-state index contributed by atoms with van der Waals surface area (Å²) in [5, 5.41) is 5.73. The number of para-hydroxylation sites is 2. The van der Waals surface area contributed by atoms with Gasteiger partial charge < -0.3 is 15.6 Å². The molecule has 0 aliphatic heterocycles. The zero-order chi connectivity index (χ0) is 18.7. The van der Waals surface area contributed by atoms with Crippen LogP contribution in [0.15, 0.2) is 48.5 Å². The number of rotatable bonds is 5. The summed E-state index contributed by atoms with van der Waals surface area (Å²) in [6.45, 7) is 5.50. The molecule has 0 radical (unpaired) electrons. The lowest BCUT2D eigenvalue weighted by molar-refractivity contribution is -0.114. The number of nitrogens with zero attached hydrogens (tertiary/aromatic N) is 1. The third kappa shape index (κ3) is 3.91. The van der Waals surface area contributed by atoms with Crippen LogP contribution < -0.4 is 10.6 Å². The van der Waals surface area contributed by atoms with Crippen molar-refractivity contribution < 1.29 is 9.59 Å². The molecule has 3 rings (SSSR count). The Kier molecular flexibility index (Phi) is 5.02. The van der Waals surface area contributed by atoms with Crippen LogP contribution in [0, 0.1) is 5.92 Å². The molecule has 0 fully saturated rings. The van der Waals surface area contributed by atoms with E-state index in [1.807, 2.05) is 38.1 Å². The van der Waals surface area contributed by atoms with E-state index in [9.17, 15) is 9.59 Å². The molecular formula is C20H22N4O2. The number of carbonyl (C=O) groups excluding carboxylic acids is 2. The molecule has 1 unspecified atom stereocenters. The smallest absolute Gasteiger partial charge is 0.251 e. The number of nitrogens with one attached hydrogen (secondary N) is 3. The topological polar surface area (TPSA) is 86.9 Å². The minimum atomic E-state index is -0.251. The predicted octanol–water partition coefficient (Wildman–Crippen LogP) is 3.65. The molecule has 0 aliphatic rings. The summed E-state index contributed by atoms with van der Waals surface area (Å²) in [7, 11) is 0. The quantitative estimate of drug-likeness (QED) is 0.656. The molecule has 0 spiro atoms. The average Bonchev–Trinajstić information content (AvgIpc) is 3.02. The van der Waals surface area contributed by atoms with Crippen LogP contribution in [-0.2, 0) is 4.79 Å². The van der Waals surface area contributed by atoms with E-state index in [1.165, 1.54) is 6.92 Å². The number of fused-ring (bicyclic) bond motifs is 1. The van der Waals surface area contributed by atoms with E-state index >= 15 is 0 Å². The molecule has 0 saturated carbocycles. The van der Waals surface area contributed by atoms with Gasteiger partial charge >= 0.3 is 0 Å². The minimum Gasteiger partial charge on any atom is -0.342 e. The second-order valence-corrected chi connectivity index (χ2v) is 6.60. The predicted molar refractivity (Wildman–Crippen MR) is 102 cm³/mol. The van der Waals surface area contributed by atoms with Gasteiger partial charge in [0.2, 0.25) is 5.91 Å². The summed E-state index contributed by atoms with van der Waals surface area (Å²) in [6.07, 6.45) is 0. The molecule has 3 aromatic rings. The van der Waals surface area contributed by atoms with E-state index in [-0.39, 0.29) is 23.8 Å². The van der Waals surface area contributed by atoms with Crippen molar-refractivity contribution in [2.24, 2.45) is 5.92 Å². The summed E-state index contributed by atoms with van der Waals surface area (Å²) in [5.74, 6) is 0.492. The number of carbonyl (C=O) groups is 2. The number of hydrogen-bond acceptors (Lipinski definition) is 3. The largest absolute Gasteiger partial charge is 0.342 e. The summed E-state index contributed by atoms with van der Waals surface area (Å²) >= 11 is 0. The normalized spacial score (nSPS) is 12.2. The Morgan fingerprint density at radius 3 is 2.54 bits per heavy atom. The second kappa shape index (κ2) is 7.39. The monoisotopic (exact) mass is 350 g/mol. The molecule has 1 atom stereocenters. The van der Waals surface area contributed by atoms with Crippen LogP contribution in [-0.4, -0.2) is 21.8 Å². The molecule has 3 N–H and O–H groups in total. The molecule has 2 amide bonds. The van der Waals surface area contributed by atoms with Crippen molar-refractivity contribution >= 4 is 28.5 Å². The van der Waals surface area contributed by atoms with Gasteiger partial charge in [0.15, 0.2) is 0 Å². The molecule has 1 heterocycles. The first-order valence-electron chi connectivity index (χ1n) is 8.57. The van der Waals surface area contributed by atoms with Crippen LogP contribution in [0.1, 0.15) is 43.0 Å². The lowest BCUT2D eigenvalue weighted by Gasteiger charge is -2.20.